The van der Waals surface area contributed by atoms with E-state index in [0.717, 1.165) is 5.69 Å². The zero-order valence-corrected chi connectivity index (χ0v) is 6.73. The largest absolute Gasteiger partial charge is 0.201 e. The summed E-state index contributed by atoms with van der Waals surface area (Å²) >= 11 is 5.66. The highest BCUT2D eigenvalue weighted by Crippen LogP contribution is 2.10. The third-order valence-electron chi connectivity index (χ3n) is 1.37. The Balaban J connectivity index is 2.43. The van der Waals surface area contributed by atoms with Crippen LogP contribution in [0.1, 0.15) is 0 Å². The molecule has 12 heavy (non-hydrogen) atoms. The van der Waals surface area contributed by atoms with E-state index < -0.39 is 0 Å². The molecule has 0 saturated carbocycles. The van der Waals surface area contributed by atoms with E-state index in [9.17, 15) is 0 Å². The first kappa shape index (κ1) is 7.24. The summed E-state index contributed by atoms with van der Waals surface area (Å²) < 4.78 is 1.53. The highest BCUT2D eigenvalue weighted by Gasteiger charge is 1.95. The highest BCUT2D eigenvalue weighted by atomic mass is 35.5. The molecule has 0 unspecified atom stereocenters. The maximum absolute atomic E-state index is 5.66. The Morgan fingerprint density at radius 2 is 2.33 bits per heavy atom. The predicted molar refractivity (Wildman–Crippen MR) is 43.0 cm³/mol. The number of tetrazole rings is 1. The van der Waals surface area contributed by atoms with Crippen molar-refractivity contribution in [2.75, 3.05) is 0 Å². The molecule has 4 nitrogen and oxygen atoms in total. The van der Waals surface area contributed by atoms with Crippen molar-refractivity contribution in [3.8, 4) is 5.69 Å². The first-order valence-electron chi connectivity index (χ1n) is 3.27. The molecule has 1 aromatic heterocycles. The number of rotatable bonds is 1. The van der Waals surface area contributed by atoms with Crippen LogP contribution in [0.25, 0.3) is 5.69 Å². The molecule has 2 aromatic rings. The molecule has 0 amide bonds. The van der Waals surface area contributed by atoms with Crippen molar-refractivity contribution in [1.29, 1.82) is 0 Å². The number of aromatic nitrogens is 4. The highest BCUT2D eigenvalue weighted by molar-refractivity contribution is 6.30. The van der Waals surface area contributed by atoms with E-state index in [0.29, 0.717) is 5.02 Å². The van der Waals surface area contributed by atoms with E-state index in [1.807, 2.05) is 6.07 Å². The van der Waals surface area contributed by atoms with Crippen molar-refractivity contribution in [2.45, 2.75) is 0 Å². The molecule has 0 N–H and O–H groups in total. The lowest BCUT2D eigenvalue weighted by Crippen LogP contribution is -1.93. The summed E-state index contributed by atoms with van der Waals surface area (Å²) in [6.45, 7) is 0. The monoisotopic (exact) mass is 179 g/mol. The molecule has 2 rings (SSSR count). The second kappa shape index (κ2) is 2.91. The zero-order valence-electron chi connectivity index (χ0n) is 5.98. The van der Waals surface area contributed by atoms with Crippen molar-refractivity contribution in [3.05, 3.63) is 35.6 Å². The van der Waals surface area contributed by atoms with Gasteiger partial charge in [0.05, 0.1) is 5.69 Å². The van der Waals surface area contributed by atoms with Gasteiger partial charge >= 0.3 is 0 Å². The summed E-state index contributed by atoms with van der Waals surface area (Å²) in [5, 5.41) is 11.3. The van der Waals surface area contributed by atoms with E-state index in [1.54, 1.807) is 12.1 Å². The fourth-order valence-electron chi connectivity index (χ4n) is 0.820. The second-order valence-electron chi connectivity index (χ2n) is 2.15. The van der Waals surface area contributed by atoms with Gasteiger partial charge in [0.25, 0.3) is 0 Å². The molecule has 5 heteroatoms. The van der Waals surface area contributed by atoms with Crippen molar-refractivity contribution in [3.63, 3.8) is 0 Å². The molecule has 0 aliphatic heterocycles. The van der Waals surface area contributed by atoms with Gasteiger partial charge in [-0.1, -0.05) is 11.6 Å². The molecule has 0 saturated heterocycles. The molecule has 0 spiro atoms. The van der Waals surface area contributed by atoms with Gasteiger partial charge in [0.2, 0.25) is 0 Å². The SMILES string of the molecule is Clc1[c]cc(-n2cnnn2)cc1. The van der Waals surface area contributed by atoms with Crippen LogP contribution in [0.2, 0.25) is 5.02 Å². The minimum Gasteiger partial charge on any atom is -0.201 e. The van der Waals surface area contributed by atoms with Gasteiger partial charge in [-0.15, -0.1) is 5.10 Å². The van der Waals surface area contributed by atoms with Crippen LogP contribution in [0, 0.1) is 6.07 Å². The number of hydrogen-bond donors (Lipinski definition) is 0. The fraction of sp³-hybridized carbons (Fsp3) is 0. The molecule has 1 aromatic carbocycles. The molecule has 59 valence electrons. The van der Waals surface area contributed by atoms with Crippen molar-refractivity contribution < 1.29 is 0 Å². The molecular formula is C7H4ClN4. The molecular weight excluding hydrogens is 176 g/mol. The standard InChI is InChI=1S/C7H4ClN4/c8-6-1-3-7(4-2-6)12-5-9-10-11-12/h1,3-5H. The van der Waals surface area contributed by atoms with E-state index in [-0.39, 0.29) is 0 Å². The average molecular weight is 180 g/mol. The van der Waals surface area contributed by atoms with Gasteiger partial charge in [-0.25, -0.2) is 4.68 Å². The Bertz CT molecular complexity index is 353. The van der Waals surface area contributed by atoms with Crippen LogP contribution in [0.4, 0.5) is 0 Å². The van der Waals surface area contributed by atoms with E-state index in [1.165, 1.54) is 11.0 Å². The lowest BCUT2D eigenvalue weighted by Gasteiger charge is -1.96. The quantitative estimate of drug-likeness (QED) is 0.659. The Hall–Kier alpha value is -1.42. The first-order valence-corrected chi connectivity index (χ1v) is 3.64. The van der Waals surface area contributed by atoms with Crippen molar-refractivity contribution in [2.24, 2.45) is 0 Å². The molecule has 1 radical (unpaired) electrons. The summed E-state index contributed by atoms with van der Waals surface area (Å²) in [6.07, 6.45) is 1.51. The van der Waals surface area contributed by atoms with E-state index in [4.69, 9.17) is 11.6 Å². The lowest BCUT2D eigenvalue weighted by molar-refractivity contribution is 0.789. The Kier molecular flexibility index (Phi) is 1.75. The van der Waals surface area contributed by atoms with Gasteiger partial charge in [0, 0.05) is 11.1 Å². The van der Waals surface area contributed by atoms with Crippen LogP contribution in [-0.4, -0.2) is 20.2 Å². The van der Waals surface area contributed by atoms with Crippen LogP contribution in [-0.2, 0) is 0 Å². The molecule has 1 heterocycles. The summed E-state index contributed by atoms with van der Waals surface area (Å²) in [5.41, 5.74) is 0.837. The van der Waals surface area contributed by atoms with Crippen molar-refractivity contribution in [1.82, 2.24) is 20.2 Å². The molecule has 0 atom stereocenters. The maximum Gasteiger partial charge on any atom is 0.143 e. The van der Waals surface area contributed by atoms with Crippen LogP contribution >= 0.6 is 11.6 Å². The fourth-order valence-corrected chi connectivity index (χ4v) is 0.937. The van der Waals surface area contributed by atoms with Crippen molar-refractivity contribution >= 4 is 11.6 Å². The second-order valence-corrected chi connectivity index (χ2v) is 2.56. The molecule has 0 fully saturated rings. The van der Waals surface area contributed by atoms with Crippen LogP contribution in [0.3, 0.4) is 0 Å². The van der Waals surface area contributed by atoms with Gasteiger partial charge in [-0.05, 0) is 28.6 Å². The molecule has 0 aliphatic carbocycles. The summed E-state index contributed by atoms with van der Waals surface area (Å²) in [5.74, 6) is 0. The first-order chi connectivity index (χ1) is 5.86. The topological polar surface area (TPSA) is 43.6 Å². The Morgan fingerprint density at radius 1 is 1.42 bits per heavy atom. The molecule has 0 aliphatic rings. The third kappa shape index (κ3) is 1.29. The van der Waals surface area contributed by atoms with Crippen LogP contribution in [0.5, 0.6) is 0 Å². The summed E-state index contributed by atoms with van der Waals surface area (Å²) in [7, 11) is 0. The number of halogens is 1. The van der Waals surface area contributed by atoms with E-state index in [2.05, 4.69) is 21.6 Å². The summed E-state index contributed by atoms with van der Waals surface area (Å²) in [4.78, 5) is 0. The minimum absolute atomic E-state index is 0.576. The number of benzene rings is 1. The Labute approximate surface area is 73.8 Å². The van der Waals surface area contributed by atoms with Gasteiger partial charge in [0.15, 0.2) is 0 Å². The normalized spacial score (nSPS) is 10.1. The Morgan fingerprint density at radius 3 is 2.92 bits per heavy atom. The van der Waals surface area contributed by atoms with Gasteiger partial charge in [0.1, 0.15) is 6.33 Å². The summed E-state index contributed by atoms with van der Waals surface area (Å²) in [6, 6.07) is 8.11. The smallest absolute Gasteiger partial charge is 0.143 e. The van der Waals surface area contributed by atoms with Crippen LogP contribution < -0.4 is 0 Å². The van der Waals surface area contributed by atoms with E-state index >= 15 is 0 Å². The number of hydrogen-bond acceptors (Lipinski definition) is 3. The van der Waals surface area contributed by atoms with Crippen LogP contribution in [0.15, 0.2) is 24.5 Å². The van der Waals surface area contributed by atoms with Gasteiger partial charge < -0.3 is 0 Å². The predicted octanol–water partition coefficient (Wildman–Crippen LogP) is 1.12. The lowest BCUT2D eigenvalue weighted by atomic mass is 10.3. The number of nitrogens with zero attached hydrogens (tertiary/aromatic N) is 4. The van der Waals surface area contributed by atoms with Gasteiger partial charge in [-0.2, -0.15) is 0 Å². The minimum atomic E-state index is 0.576. The zero-order chi connectivity index (χ0) is 8.39. The average Bonchev–Trinajstić information content (AvgIpc) is 2.58. The maximum atomic E-state index is 5.66. The third-order valence-corrected chi connectivity index (χ3v) is 1.61. The van der Waals surface area contributed by atoms with Gasteiger partial charge in [-0.3, -0.25) is 0 Å². The molecule has 0 bridgehead atoms.